The average Bonchev–Trinajstić information content (AvgIpc) is 2.69. The molecule has 5 nitrogen and oxygen atoms in total. The number of carbonyl (C=O) groups is 1. The number of hydrogen-bond donors (Lipinski definition) is 1. The zero-order chi connectivity index (χ0) is 19.7. The predicted octanol–water partition coefficient (Wildman–Crippen LogP) is 4.18. The number of methoxy groups -OCH3 is 1. The van der Waals surface area contributed by atoms with E-state index in [0.29, 0.717) is 30.2 Å². The summed E-state index contributed by atoms with van der Waals surface area (Å²) in [6.45, 7) is 0. The molecular formula is C22H23ClN2O3. The van der Waals surface area contributed by atoms with Gasteiger partial charge in [-0.05, 0) is 43.0 Å². The second kappa shape index (κ2) is 7.57. The van der Waals surface area contributed by atoms with Gasteiger partial charge < -0.3 is 15.2 Å². The van der Waals surface area contributed by atoms with Gasteiger partial charge in [0.1, 0.15) is 5.75 Å². The van der Waals surface area contributed by atoms with Crippen LogP contribution in [0, 0.1) is 0 Å². The highest BCUT2D eigenvalue weighted by molar-refractivity contribution is 6.32. The molecule has 6 heteroatoms. The zero-order valence-electron chi connectivity index (χ0n) is 15.7. The summed E-state index contributed by atoms with van der Waals surface area (Å²) in [5.41, 5.74) is 7.15. The van der Waals surface area contributed by atoms with Gasteiger partial charge >= 0.3 is 0 Å². The van der Waals surface area contributed by atoms with Crippen molar-refractivity contribution in [1.29, 1.82) is 0 Å². The highest BCUT2D eigenvalue weighted by Gasteiger charge is 2.51. The van der Waals surface area contributed by atoms with Crippen molar-refractivity contribution in [2.24, 2.45) is 10.7 Å². The Morgan fingerprint density at radius 1 is 1.29 bits per heavy atom. The highest BCUT2D eigenvalue weighted by Crippen LogP contribution is 2.45. The smallest absolute Gasteiger partial charge is 0.205 e. The number of nitrogens with zero attached hydrogens (tertiary/aromatic N) is 1. The molecule has 2 N–H and O–H groups in total. The fraction of sp³-hybridized carbons (Fsp3) is 0.364. The van der Waals surface area contributed by atoms with Crippen molar-refractivity contribution in [1.82, 2.24) is 0 Å². The van der Waals surface area contributed by atoms with Gasteiger partial charge in [-0.25, -0.2) is 4.99 Å². The van der Waals surface area contributed by atoms with Crippen molar-refractivity contribution < 1.29 is 14.3 Å². The normalized spacial score (nSPS) is 24.9. The van der Waals surface area contributed by atoms with Crippen LogP contribution >= 0.6 is 11.6 Å². The molecule has 0 aromatic heterocycles. The standard InChI is InChI=1S/C22H23ClN2O3/c1-27-15-10-8-14(9-11-15)18(24)13-20-25-22(16-5-2-3-6-17(16)23)12-4-7-19(28-20)21(22)26/h2-3,5-6,8-11,18-19H,4,7,12-13,24H2,1H3/t18-,19+,22+/m0/s1. The number of Topliss-reactive ketones (excluding diaryl/α,β-unsaturated/α-hetero) is 1. The first-order chi connectivity index (χ1) is 13.5. The Hall–Kier alpha value is -2.37. The number of ether oxygens (including phenoxy) is 2. The van der Waals surface area contributed by atoms with E-state index in [0.717, 1.165) is 23.3 Å². The Morgan fingerprint density at radius 3 is 2.75 bits per heavy atom. The van der Waals surface area contributed by atoms with Crippen LogP contribution in [0.4, 0.5) is 0 Å². The summed E-state index contributed by atoms with van der Waals surface area (Å²) in [7, 11) is 1.63. The molecule has 1 aliphatic carbocycles. The third-order valence-corrected chi connectivity index (χ3v) is 5.89. The summed E-state index contributed by atoms with van der Waals surface area (Å²) in [5.74, 6) is 1.29. The first-order valence-corrected chi connectivity index (χ1v) is 9.85. The lowest BCUT2D eigenvalue weighted by Gasteiger charge is -2.41. The van der Waals surface area contributed by atoms with Gasteiger partial charge in [-0.15, -0.1) is 0 Å². The maximum atomic E-state index is 13.1. The van der Waals surface area contributed by atoms with Gasteiger partial charge in [-0.3, -0.25) is 4.79 Å². The number of nitrogens with two attached hydrogens (primary N) is 1. The third-order valence-electron chi connectivity index (χ3n) is 5.56. The van der Waals surface area contributed by atoms with Gasteiger partial charge in [-0.2, -0.15) is 0 Å². The minimum absolute atomic E-state index is 0.00591. The lowest BCUT2D eigenvalue weighted by molar-refractivity contribution is -0.137. The fourth-order valence-corrected chi connectivity index (χ4v) is 4.36. The summed E-state index contributed by atoms with van der Waals surface area (Å²) in [6, 6.07) is 14.8. The Balaban J connectivity index is 1.66. The van der Waals surface area contributed by atoms with Crippen molar-refractivity contribution in [2.45, 2.75) is 43.4 Å². The van der Waals surface area contributed by atoms with Crippen molar-refractivity contribution in [3.05, 3.63) is 64.7 Å². The van der Waals surface area contributed by atoms with Crippen molar-refractivity contribution in [3.8, 4) is 5.75 Å². The summed E-state index contributed by atoms with van der Waals surface area (Å²) in [5, 5.41) is 0.556. The number of aliphatic imine (C=N–C) groups is 1. The number of hydrogen-bond acceptors (Lipinski definition) is 5. The van der Waals surface area contributed by atoms with E-state index in [2.05, 4.69) is 0 Å². The Bertz CT molecular complexity index is 912. The Labute approximate surface area is 169 Å². The van der Waals surface area contributed by atoms with Crippen LogP contribution in [-0.2, 0) is 15.1 Å². The summed E-state index contributed by atoms with van der Waals surface area (Å²) < 4.78 is 11.1. The quantitative estimate of drug-likeness (QED) is 0.819. The molecule has 4 rings (SSSR count). The minimum Gasteiger partial charge on any atom is -0.497 e. The number of fused-ring (bicyclic) bond motifs is 2. The van der Waals surface area contributed by atoms with Crippen LogP contribution in [-0.4, -0.2) is 24.9 Å². The number of halogens is 1. The van der Waals surface area contributed by atoms with Crippen LogP contribution in [0.2, 0.25) is 5.02 Å². The average molecular weight is 399 g/mol. The van der Waals surface area contributed by atoms with Crippen LogP contribution in [0.1, 0.15) is 42.9 Å². The Morgan fingerprint density at radius 2 is 2.04 bits per heavy atom. The molecule has 2 aromatic carbocycles. The first-order valence-electron chi connectivity index (χ1n) is 9.48. The van der Waals surface area contributed by atoms with E-state index in [-0.39, 0.29) is 11.8 Å². The first kappa shape index (κ1) is 19.0. The predicted molar refractivity (Wildman–Crippen MR) is 109 cm³/mol. The molecular weight excluding hydrogens is 376 g/mol. The third kappa shape index (κ3) is 3.29. The van der Waals surface area contributed by atoms with Crippen LogP contribution < -0.4 is 10.5 Å². The second-order valence-corrected chi connectivity index (χ2v) is 7.70. The zero-order valence-corrected chi connectivity index (χ0v) is 16.5. The number of benzene rings is 2. The molecule has 1 saturated carbocycles. The molecule has 1 fully saturated rings. The largest absolute Gasteiger partial charge is 0.497 e. The van der Waals surface area contributed by atoms with E-state index in [4.69, 9.17) is 31.8 Å². The van der Waals surface area contributed by atoms with Gasteiger partial charge in [-0.1, -0.05) is 41.9 Å². The maximum Gasteiger partial charge on any atom is 0.205 e. The van der Waals surface area contributed by atoms with Crippen LogP contribution in [0.15, 0.2) is 53.5 Å². The van der Waals surface area contributed by atoms with Gasteiger partial charge in [0.2, 0.25) is 5.78 Å². The minimum atomic E-state index is -0.964. The molecule has 0 spiro atoms. The molecule has 2 aliphatic rings. The number of rotatable bonds is 5. The van der Waals surface area contributed by atoms with E-state index in [1.807, 2.05) is 42.5 Å². The lowest BCUT2D eigenvalue weighted by Crippen LogP contribution is -2.51. The molecule has 1 heterocycles. The number of carbonyl (C=O) groups excluding carboxylic acids is 1. The van der Waals surface area contributed by atoms with Gasteiger partial charge in [0.05, 0.1) is 7.11 Å². The lowest BCUT2D eigenvalue weighted by atomic mass is 9.73. The fourth-order valence-electron chi connectivity index (χ4n) is 4.07. The second-order valence-electron chi connectivity index (χ2n) is 7.29. The molecule has 0 saturated heterocycles. The van der Waals surface area contributed by atoms with Gasteiger partial charge in [0.15, 0.2) is 17.5 Å². The summed E-state index contributed by atoms with van der Waals surface area (Å²) >= 11 is 6.44. The van der Waals surface area contributed by atoms with Crippen LogP contribution in [0.5, 0.6) is 5.75 Å². The highest BCUT2D eigenvalue weighted by atomic mass is 35.5. The summed E-state index contributed by atoms with van der Waals surface area (Å²) in [6.07, 6.45) is 2.13. The molecule has 1 aliphatic heterocycles. The number of ketones is 1. The SMILES string of the molecule is COc1ccc([C@@H](N)CC2=N[C@@]3(c4ccccc4Cl)CCC[C@@H](O2)C3=O)cc1. The van der Waals surface area contributed by atoms with E-state index < -0.39 is 11.6 Å². The van der Waals surface area contributed by atoms with Crippen molar-refractivity contribution in [3.63, 3.8) is 0 Å². The Kier molecular flexibility index (Phi) is 5.13. The molecule has 28 heavy (non-hydrogen) atoms. The monoisotopic (exact) mass is 398 g/mol. The molecule has 0 unspecified atom stereocenters. The topological polar surface area (TPSA) is 73.9 Å². The maximum absolute atomic E-state index is 13.1. The van der Waals surface area contributed by atoms with E-state index >= 15 is 0 Å². The van der Waals surface area contributed by atoms with E-state index in [1.165, 1.54) is 0 Å². The molecule has 0 radical (unpaired) electrons. The van der Waals surface area contributed by atoms with E-state index in [1.54, 1.807) is 13.2 Å². The molecule has 3 atom stereocenters. The van der Waals surface area contributed by atoms with Gasteiger partial charge in [0, 0.05) is 23.0 Å². The molecule has 2 bridgehead atoms. The van der Waals surface area contributed by atoms with Crippen LogP contribution in [0.3, 0.4) is 0 Å². The van der Waals surface area contributed by atoms with Crippen molar-refractivity contribution in [2.75, 3.05) is 7.11 Å². The van der Waals surface area contributed by atoms with Gasteiger partial charge in [0.25, 0.3) is 0 Å². The molecule has 2 aromatic rings. The van der Waals surface area contributed by atoms with E-state index in [9.17, 15) is 4.79 Å². The van der Waals surface area contributed by atoms with Crippen molar-refractivity contribution >= 4 is 23.3 Å². The molecule has 0 amide bonds. The summed E-state index contributed by atoms with van der Waals surface area (Å²) in [4.78, 5) is 17.9. The molecule has 146 valence electrons. The van der Waals surface area contributed by atoms with Crippen LogP contribution in [0.25, 0.3) is 0 Å².